The number of carboxylic acids is 1. The lowest BCUT2D eigenvalue weighted by Gasteiger charge is -2.02. The van der Waals surface area contributed by atoms with Crippen LogP contribution in [0.15, 0.2) is 22.4 Å². The van der Waals surface area contributed by atoms with Crippen LogP contribution in [0.1, 0.15) is 27.0 Å². The van der Waals surface area contributed by atoms with Gasteiger partial charge in [-0.15, -0.1) is 22.7 Å². The SMILES string of the molecule is CCc1ccc(S(=O)(=O)Nc2cc(C)c(C(=O)O)s2)s1. The minimum Gasteiger partial charge on any atom is -0.477 e. The van der Waals surface area contributed by atoms with Crippen molar-refractivity contribution in [1.82, 2.24) is 0 Å². The lowest BCUT2D eigenvalue weighted by molar-refractivity contribution is 0.0701. The average molecular weight is 331 g/mol. The molecule has 8 heteroatoms. The van der Waals surface area contributed by atoms with E-state index in [4.69, 9.17) is 5.11 Å². The molecule has 5 nitrogen and oxygen atoms in total. The van der Waals surface area contributed by atoms with Gasteiger partial charge in [0.25, 0.3) is 10.0 Å². The van der Waals surface area contributed by atoms with E-state index in [9.17, 15) is 13.2 Å². The highest BCUT2D eigenvalue weighted by atomic mass is 32.2. The smallest absolute Gasteiger partial charge is 0.346 e. The molecule has 0 amide bonds. The second kappa shape index (κ2) is 5.55. The second-order valence-electron chi connectivity index (χ2n) is 4.11. The Balaban J connectivity index is 2.28. The van der Waals surface area contributed by atoms with Gasteiger partial charge in [0.1, 0.15) is 14.1 Å². The molecule has 0 fully saturated rings. The topological polar surface area (TPSA) is 83.5 Å². The summed E-state index contributed by atoms with van der Waals surface area (Å²) < 4.78 is 27.0. The van der Waals surface area contributed by atoms with Crippen molar-refractivity contribution in [2.75, 3.05) is 4.72 Å². The third kappa shape index (κ3) is 3.02. The lowest BCUT2D eigenvalue weighted by Crippen LogP contribution is -2.10. The molecule has 0 aromatic carbocycles. The zero-order valence-electron chi connectivity index (χ0n) is 10.8. The van der Waals surface area contributed by atoms with Crippen LogP contribution >= 0.6 is 22.7 Å². The van der Waals surface area contributed by atoms with Crippen LogP contribution in [0.2, 0.25) is 0 Å². The Hall–Kier alpha value is -1.38. The number of hydrogen-bond donors (Lipinski definition) is 2. The number of carboxylic acid groups (broad SMARTS) is 1. The molecule has 2 rings (SSSR count). The van der Waals surface area contributed by atoms with E-state index in [0.29, 0.717) is 10.6 Å². The van der Waals surface area contributed by atoms with E-state index in [1.54, 1.807) is 19.1 Å². The highest BCUT2D eigenvalue weighted by Crippen LogP contribution is 2.30. The first kappa shape index (κ1) is 15.0. The Morgan fingerprint density at radius 1 is 1.35 bits per heavy atom. The Kier molecular flexibility index (Phi) is 4.17. The predicted octanol–water partition coefficient (Wildman–Crippen LogP) is 3.18. The summed E-state index contributed by atoms with van der Waals surface area (Å²) >= 11 is 2.13. The van der Waals surface area contributed by atoms with Gasteiger partial charge in [0.05, 0.1) is 0 Å². The molecule has 108 valence electrons. The zero-order chi connectivity index (χ0) is 14.9. The number of hydrogen-bond acceptors (Lipinski definition) is 5. The molecular formula is C12H13NO4S3. The summed E-state index contributed by atoms with van der Waals surface area (Å²) in [6.45, 7) is 3.59. The molecule has 20 heavy (non-hydrogen) atoms. The summed E-state index contributed by atoms with van der Waals surface area (Å²) in [5, 5.41) is 9.28. The Bertz CT molecular complexity index is 743. The van der Waals surface area contributed by atoms with E-state index < -0.39 is 16.0 Å². The monoisotopic (exact) mass is 331 g/mol. The third-order valence-electron chi connectivity index (χ3n) is 2.60. The number of aryl methyl sites for hydroxylation is 2. The Labute approximate surface area is 124 Å². The zero-order valence-corrected chi connectivity index (χ0v) is 13.3. The van der Waals surface area contributed by atoms with E-state index in [0.717, 1.165) is 22.6 Å². The van der Waals surface area contributed by atoms with Gasteiger partial charge in [0.2, 0.25) is 0 Å². The number of aromatic carboxylic acids is 1. The van der Waals surface area contributed by atoms with Crippen LogP contribution in [-0.4, -0.2) is 19.5 Å². The minimum absolute atomic E-state index is 0.142. The molecule has 0 unspecified atom stereocenters. The largest absolute Gasteiger partial charge is 0.477 e. The van der Waals surface area contributed by atoms with Gasteiger partial charge in [-0.2, -0.15) is 0 Å². The maximum absolute atomic E-state index is 12.2. The highest BCUT2D eigenvalue weighted by Gasteiger charge is 2.20. The molecule has 2 heterocycles. The first-order valence-electron chi connectivity index (χ1n) is 5.78. The summed E-state index contributed by atoms with van der Waals surface area (Å²) in [4.78, 5) is 12.1. The molecule has 0 saturated heterocycles. The van der Waals surface area contributed by atoms with Crippen molar-refractivity contribution < 1.29 is 18.3 Å². The summed E-state index contributed by atoms with van der Waals surface area (Å²) in [7, 11) is -3.65. The molecule has 0 spiro atoms. The third-order valence-corrected chi connectivity index (χ3v) is 6.95. The number of sulfonamides is 1. The number of anilines is 1. The molecular weight excluding hydrogens is 318 g/mol. The Morgan fingerprint density at radius 2 is 2.05 bits per heavy atom. The highest BCUT2D eigenvalue weighted by molar-refractivity contribution is 7.94. The molecule has 2 aromatic rings. The molecule has 0 radical (unpaired) electrons. The minimum atomic E-state index is -3.65. The van der Waals surface area contributed by atoms with Gasteiger partial charge in [-0.3, -0.25) is 4.72 Å². The summed E-state index contributed by atoms with van der Waals surface area (Å²) in [5.41, 5.74) is 0.542. The van der Waals surface area contributed by atoms with E-state index in [1.165, 1.54) is 17.4 Å². The van der Waals surface area contributed by atoms with Crippen LogP contribution in [-0.2, 0) is 16.4 Å². The molecule has 0 aliphatic heterocycles. The van der Waals surface area contributed by atoms with Gasteiger partial charge in [-0.1, -0.05) is 6.92 Å². The van der Waals surface area contributed by atoms with Gasteiger partial charge in [0.15, 0.2) is 0 Å². The first-order chi connectivity index (χ1) is 9.33. The summed E-state index contributed by atoms with van der Waals surface area (Å²) in [5.74, 6) is -1.05. The standard InChI is InChI=1S/C12H13NO4S3/c1-3-8-4-5-10(18-8)20(16,17)13-9-6-7(2)11(19-9)12(14)15/h4-6,13H,3H2,1-2H3,(H,14,15). The van der Waals surface area contributed by atoms with Crippen molar-refractivity contribution in [3.63, 3.8) is 0 Å². The van der Waals surface area contributed by atoms with Gasteiger partial charge < -0.3 is 5.11 Å². The quantitative estimate of drug-likeness (QED) is 0.881. The van der Waals surface area contributed by atoms with Crippen LogP contribution < -0.4 is 4.72 Å². The van der Waals surface area contributed by atoms with Crippen molar-refractivity contribution in [2.24, 2.45) is 0 Å². The number of nitrogens with one attached hydrogen (secondary N) is 1. The number of thiophene rings is 2. The summed E-state index contributed by atoms with van der Waals surface area (Å²) in [6.07, 6.45) is 0.779. The maximum Gasteiger partial charge on any atom is 0.346 e. The van der Waals surface area contributed by atoms with Crippen LogP contribution in [0.5, 0.6) is 0 Å². The van der Waals surface area contributed by atoms with Gasteiger partial charge in [-0.25, -0.2) is 13.2 Å². The van der Waals surface area contributed by atoms with E-state index in [2.05, 4.69) is 4.72 Å². The molecule has 2 N–H and O–H groups in total. The van der Waals surface area contributed by atoms with E-state index in [-0.39, 0.29) is 9.09 Å². The van der Waals surface area contributed by atoms with Crippen LogP contribution in [0.4, 0.5) is 5.00 Å². The van der Waals surface area contributed by atoms with Crippen LogP contribution in [0, 0.1) is 6.92 Å². The fourth-order valence-electron chi connectivity index (χ4n) is 1.62. The van der Waals surface area contributed by atoms with Crippen LogP contribution in [0.3, 0.4) is 0 Å². The van der Waals surface area contributed by atoms with Crippen molar-refractivity contribution in [1.29, 1.82) is 0 Å². The van der Waals surface area contributed by atoms with E-state index in [1.807, 2.05) is 6.92 Å². The molecule has 0 aliphatic carbocycles. The molecule has 0 aliphatic rings. The fraction of sp³-hybridized carbons (Fsp3) is 0.250. The average Bonchev–Trinajstić information content (AvgIpc) is 2.95. The molecule has 2 aromatic heterocycles. The van der Waals surface area contributed by atoms with Crippen molar-refractivity contribution in [2.45, 2.75) is 24.5 Å². The van der Waals surface area contributed by atoms with Crippen molar-refractivity contribution >= 4 is 43.7 Å². The number of rotatable bonds is 5. The summed E-state index contributed by atoms with van der Waals surface area (Å²) in [6, 6.07) is 4.87. The Morgan fingerprint density at radius 3 is 2.55 bits per heavy atom. The van der Waals surface area contributed by atoms with E-state index >= 15 is 0 Å². The van der Waals surface area contributed by atoms with Crippen molar-refractivity contribution in [3.8, 4) is 0 Å². The first-order valence-corrected chi connectivity index (χ1v) is 8.90. The predicted molar refractivity (Wildman–Crippen MR) is 80.5 cm³/mol. The second-order valence-corrected chi connectivity index (χ2v) is 8.24. The fourth-order valence-corrected chi connectivity index (χ4v) is 5.11. The van der Waals surface area contributed by atoms with Crippen LogP contribution in [0.25, 0.3) is 0 Å². The van der Waals surface area contributed by atoms with Crippen molar-refractivity contribution in [3.05, 3.63) is 33.5 Å². The maximum atomic E-state index is 12.2. The van der Waals surface area contributed by atoms with Gasteiger partial charge in [0, 0.05) is 4.88 Å². The molecule has 0 saturated carbocycles. The van der Waals surface area contributed by atoms with Gasteiger partial charge >= 0.3 is 5.97 Å². The molecule has 0 bridgehead atoms. The van der Waals surface area contributed by atoms with Gasteiger partial charge in [-0.05, 0) is 37.1 Å². The molecule has 0 atom stereocenters. The number of carbonyl (C=O) groups is 1. The lowest BCUT2D eigenvalue weighted by atomic mass is 10.3. The normalized spacial score (nSPS) is 11.5.